The average Bonchev–Trinajstić information content (AvgIpc) is 2.90. The summed E-state index contributed by atoms with van der Waals surface area (Å²) < 4.78 is 35.7. The molecule has 0 radical (unpaired) electrons. The second kappa shape index (κ2) is 8.27. The van der Waals surface area contributed by atoms with E-state index in [0.717, 1.165) is 11.2 Å². The minimum Gasteiger partial charge on any atom is -0.493 e. The van der Waals surface area contributed by atoms with Crippen molar-refractivity contribution in [2.45, 2.75) is 13.0 Å². The molecular formula is C20H21BrN2O6S. The van der Waals surface area contributed by atoms with Crippen LogP contribution in [0.15, 0.2) is 34.8 Å². The number of anilines is 1. The van der Waals surface area contributed by atoms with Crippen LogP contribution in [0.3, 0.4) is 0 Å². The van der Waals surface area contributed by atoms with Crippen molar-refractivity contribution in [1.29, 1.82) is 0 Å². The van der Waals surface area contributed by atoms with Gasteiger partial charge in [-0.3, -0.25) is 14.5 Å². The zero-order valence-electron chi connectivity index (χ0n) is 16.6. The topological polar surface area (TPSA) is 116 Å². The normalized spacial score (nSPS) is 14.6. The molecule has 2 aromatic rings. The molecular weight excluding hydrogens is 476 g/mol. The van der Waals surface area contributed by atoms with Gasteiger partial charge in [-0.2, -0.15) is 0 Å². The van der Waals surface area contributed by atoms with Crippen molar-refractivity contribution < 1.29 is 27.5 Å². The Morgan fingerprint density at radius 1 is 1.13 bits per heavy atom. The average molecular weight is 497 g/mol. The number of sulfone groups is 1. The number of nitrogen functional groups attached to an aromatic ring is 1. The Morgan fingerprint density at radius 2 is 1.83 bits per heavy atom. The van der Waals surface area contributed by atoms with E-state index < -0.39 is 33.4 Å². The van der Waals surface area contributed by atoms with Crippen molar-refractivity contribution in [3.8, 4) is 11.5 Å². The van der Waals surface area contributed by atoms with Crippen LogP contribution in [-0.4, -0.2) is 50.9 Å². The molecule has 0 spiro atoms. The summed E-state index contributed by atoms with van der Waals surface area (Å²) in [6, 6.07) is 6.78. The lowest BCUT2D eigenvalue weighted by Gasteiger charge is -2.26. The van der Waals surface area contributed by atoms with Gasteiger partial charge < -0.3 is 15.2 Å². The number of carbonyl (C=O) groups excluding carboxylic acids is 2. The molecule has 1 atom stereocenters. The van der Waals surface area contributed by atoms with E-state index in [4.69, 9.17) is 15.2 Å². The number of fused-ring (bicyclic) bond motifs is 1. The molecule has 1 aliphatic heterocycles. The van der Waals surface area contributed by atoms with Crippen molar-refractivity contribution in [2.75, 3.05) is 31.5 Å². The van der Waals surface area contributed by atoms with Crippen LogP contribution in [0.2, 0.25) is 0 Å². The minimum atomic E-state index is -3.56. The highest BCUT2D eigenvalue weighted by Gasteiger charge is 2.43. The Hall–Kier alpha value is -2.59. The number of hydrogen-bond acceptors (Lipinski definition) is 7. The summed E-state index contributed by atoms with van der Waals surface area (Å²) in [6.07, 6.45) is 1.05. The second-order valence-corrected chi connectivity index (χ2v) is 9.95. The SMILES string of the molecule is CCOc1cc([C@@H](CS(C)(=O)=O)N2C(=O)c3cc(Br)cc(N)c3C2=O)ccc1OC. The lowest BCUT2D eigenvalue weighted by Crippen LogP contribution is -2.37. The summed E-state index contributed by atoms with van der Waals surface area (Å²) in [6.45, 7) is 2.15. The quantitative estimate of drug-likeness (QED) is 0.462. The number of nitrogens with zero attached hydrogens (tertiary/aromatic N) is 1. The summed E-state index contributed by atoms with van der Waals surface area (Å²) in [5.41, 5.74) is 6.74. The molecule has 30 heavy (non-hydrogen) atoms. The molecule has 3 rings (SSSR count). The summed E-state index contributed by atoms with van der Waals surface area (Å²) in [7, 11) is -2.08. The van der Waals surface area contributed by atoms with Gasteiger partial charge in [0.05, 0.1) is 36.6 Å². The Balaban J connectivity index is 2.14. The lowest BCUT2D eigenvalue weighted by atomic mass is 10.1. The molecule has 1 heterocycles. The van der Waals surface area contributed by atoms with Crippen LogP contribution in [0.5, 0.6) is 11.5 Å². The summed E-state index contributed by atoms with van der Waals surface area (Å²) >= 11 is 3.27. The van der Waals surface area contributed by atoms with Gasteiger partial charge in [0.15, 0.2) is 11.5 Å². The van der Waals surface area contributed by atoms with E-state index in [1.807, 2.05) is 0 Å². The Labute approximate surface area is 183 Å². The highest BCUT2D eigenvalue weighted by molar-refractivity contribution is 9.10. The van der Waals surface area contributed by atoms with Crippen LogP contribution in [0.1, 0.15) is 39.2 Å². The Bertz CT molecular complexity index is 1130. The second-order valence-electron chi connectivity index (χ2n) is 6.85. The fourth-order valence-corrected chi connectivity index (χ4v) is 4.83. The number of amides is 2. The third-order valence-electron chi connectivity index (χ3n) is 4.66. The first kappa shape index (κ1) is 22.1. The van der Waals surface area contributed by atoms with E-state index in [-0.39, 0.29) is 16.8 Å². The maximum Gasteiger partial charge on any atom is 0.264 e. The number of rotatable bonds is 7. The molecule has 2 aromatic carbocycles. The summed E-state index contributed by atoms with van der Waals surface area (Å²) in [5.74, 6) is -0.853. The molecule has 160 valence electrons. The summed E-state index contributed by atoms with van der Waals surface area (Å²) in [5, 5.41) is 0. The first-order chi connectivity index (χ1) is 14.1. The Morgan fingerprint density at radius 3 is 2.43 bits per heavy atom. The number of carbonyl (C=O) groups is 2. The molecule has 0 unspecified atom stereocenters. The van der Waals surface area contributed by atoms with E-state index in [1.54, 1.807) is 25.1 Å². The van der Waals surface area contributed by atoms with Gasteiger partial charge in [-0.15, -0.1) is 0 Å². The number of imide groups is 1. The van der Waals surface area contributed by atoms with E-state index in [2.05, 4.69) is 15.9 Å². The van der Waals surface area contributed by atoms with Crippen molar-refractivity contribution in [3.63, 3.8) is 0 Å². The molecule has 0 aromatic heterocycles. The molecule has 8 nitrogen and oxygen atoms in total. The zero-order valence-corrected chi connectivity index (χ0v) is 19.0. The highest BCUT2D eigenvalue weighted by atomic mass is 79.9. The molecule has 0 aliphatic carbocycles. The maximum absolute atomic E-state index is 13.1. The number of methoxy groups -OCH3 is 1. The molecule has 0 saturated carbocycles. The van der Waals surface area contributed by atoms with Crippen LogP contribution in [-0.2, 0) is 9.84 Å². The van der Waals surface area contributed by atoms with Gasteiger partial charge >= 0.3 is 0 Å². The van der Waals surface area contributed by atoms with Crippen LogP contribution in [0.4, 0.5) is 5.69 Å². The van der Waals surface area contributed by atoms with Crippen LogP contribution < -0.4 is 15.2 Å². The van der Waals surface area contributed by atoms with Gasteiger partial charge in [-0.1, -0.05) is 22.0 Å². The fraction of sp³-hybridized carbons (Fsp3) is 0.300. The van der Waals surface area contributed by atoms with Crippen molar-refractivity contribution in [1.82, 2.24) is 4.90 Å². The smallest absolute Gasteiger partial charge is 0.264 e. The lowest BCUT2D eigenvalue weighted by molar-refractivity contribution is 0.0598. The standard InChI is InChI=1S/C20H21BrN2O6S/c1-4-29-17-7-11(5-6-16(17)28-2)15(10-30(3,26)27)23-19(24)13-8-12(21)9-14(22)18(13)20(23)25/h5-9,15H,4,10,22H2,1-3H3/t15-/m1/s1. The predicted octanol–water partition coefficient (Wildman–Crippen LogP) is 2.82. The first-order valence-electron chi connectivity index (χ1n) is 9.02. The van der Waals surface area contributed by atoms with Gasteiger partial charge in [0.2, 0.25) is 0 Å². The van der Waals surface area contributed by atoms with Crippen LogP contribution in [0, 0.1) is 0 Å². The number of benzene rings is 2. The fourth-order valence-electron chi connectivity index (χ4n) is 3.44. The van der Waals surface area contributed by atoms with Crippen molar-refractivity contribution >= 4 is 43.3 Å². The van der Waals surface area contributed by atoms with Crippen LogP contribution >= 0.6 is 15.9 Å². The van der Waals surface area contributed by atoms with E-state index in [1.165, 1.54) is 19.2 Å². The largest absolute Gasteiger partial charge is 0.493 e. The van der Waals surface area contributed by atoms with Gasteiger partial charge in [0.25, 0.3) is 11.8 Å². The molecule has 2 N–H and O–H groups in total. The van der Waals surface area contributed by atoms with Crippen molar-refractivity contribution in [3.05, 3.63) is 51.5 Å². The molecule has 2 amide bonds. The van der Waals surface area contributed by atoms with E-state index in [9.17, 15) is 18.0 Å². The first-order valence-corrected chi connectivity index (χ1v) is 11.9. The van der Waals surface area contributed by atoms with E-state index in [0.29, 0.717) is 28.1 Å². The molecule has 0 bridgehead atoms. The third kappa shape index (κ3) is 4.15. The number of hydrogen-bond donors (Lipinski definition) is 1. The van der Waals surface area contributed by atoms with Gasteiger partial charge in [-0.25, -0.2) is 8.42 Å². The third-order valence-corrected chi connectivity index (χ3v) is 6.04. The molecule has 1 aliphatic rings. The number of ether oxygens (including phenoxy) is 2. The summed E-state index contributed by atoms with van der Waals surface area (Å²) in [4.78, 5) is 27.2. The number of nitrogens with two attached hydrogens (primary N) is 1. The monoisotopic (exact) mass is 496 g/mol. The Kier molecular flexibility index (Phi) is 6.09. The van der Waals surface area contributed by atoms with Crippen molar-refractivity contribution in [2.24, 2.45) is 0 Å². The van der Waals surface area contributed by atoms with Gasteiger partial charge in [0.1, 0.15) is 9.84 Å². The van der Waals surface area contributed by atoms with E-state index >= 15 is 0 Å². The van der Waals surface area contributed by atoms with Gasteiger partial charge in [-0.05, 0) is 36.8 Å². The molecule has 10 heteroatoms. The highest BCUT2D eigenvalue weighted by Crippen LogP contribution is 2.39. The maximum atomic E-state index is 13.1. The zero-order chi connectivity index (χ0) is 22.2. The molecule has 0 saturated heterocycles. The minimum absolute atomic E-state index is 0.0697. The molecule has 0 fully saturated rings. The predicted molar refractivity (Wildman–Crippen MR) is 116 cm³/mol. The van der Waals surface area contributed by atoms with Crippen LogP contribution in [0.25, 0.3) is 0 Å². The van der Waals surface area contributed by atoms with Gasteiger partial charge in [0, 0.05) is 16.4 Å². The number of halogens is 1.